The molecule has 0 amide bonds. The van der Waals surface area contributed by atoms with Crippen molar-refractivity contribution in [2.24, 2.45) is 4.99 Å². The van der Waals surface area contributed by atoms with Gasteiger partial charge < -0.3 is 19.9 Å². The number of hydrogen-bond donors (Lipinski definition) is 1. The summed E-state index contributed by atoms with van der Waals surface area (Å²) in [5.74, 6) is 1.11. The molecule has 0 aromatic heterocycles. The van der Waals surface area contributed by atoms with E-state index in [-0.39, 0.29) is 18.0 Å². The van der Waals surface area contributed by atoms with Gasteiger partial charge in [-0.2, -0.15) is 0 Å². The molecule has 0 aromatic carbocycles. The van der Waals surface area contributed by atoms with Gasteiger partial charge in [0.25, 0.3) is 0 Å². The van der Waals surface area contributed by atoms with Crippen molar-refractivity contribution in [3.8, 4) is 0 Å². The van der Waals surface area contributed by atoms with Crippen LogP contribution in [0.4, 0.5) is 0 Å². The Hall–Kier alpha value is -1.92. The SMILES string of the molecule is C=CCCN1C=C(C2OC2C)C(=O)/C(=C/N=C(CC)N2CCNCC2)C1(C)C. The van der Waals surface area contributed by atoms with Crippen molar-refractivity contribution in [2.75, 3.05) is 32.7 Å². The van der Waals surface area contributed by atoms with Crippen LogP contribution in [-0.2, 0) is 9.53 Å². The molecule has 1 N–H and O–H groups in total. The lowest BCUT2D eigenvalue weighted by Gasteiger charge is -2.43. The predicted molar refractivity (Wildman–Crippen MR) is 113 cm³/mol. The number of epoxide rings is 1. The average molecular weight is 387 g/mol. The molecule has 0 radical (unpaired) electrons. The number of ketones is 1. The lowest BCUT2D eigenvalue weighted by Crippen LogP contribution is -2.49. The Labute approximate surface area is 169 Å². The summed E-state index contributed by atoms with van der Waals surface area (Å²) in [4.78, 5) is 22.7. The van der Waals surface area contributed by atoms with Crippen LogP contribution in [0.25, 0.3) is 0 Å². The van der Waals surface area contributed by atoms with Crippen LogP contribution in [0.2, 0.25) is 0 Å². The molecule has 0 spiro atoms. The molecule has 2 atom stereocenters. The maximum atomic E-state index is 13.3. The van der Waals surface area contributed by atoms with Crippen LogP contribution in [-0.4, -0.2) is 71.9 Å². The molecule has 2 saturated heterocycles. The van der Waals surface area contributed by atoms with Gasteiger partial charge in [-0.3, -0.25) is 4.79 Å². The average Bonchev–Trinajstić information content (AvgIpc) is 3.40. The summed E-state index contributed by atoms with van der Waals surface area (Å²) >= 11 is 0. The Bertz CT molecular complexity index is 701. The lowest BCUT2D eigenvalue weighted by molar-refractivity contribution is -0.114. The van der Waals surface area contributed by atoms with E-state index in [1.54, 1.807) is 0 Å². The molecule has 3 rings (SSSR count). The molecule has 3 heterocycles. The maximum absolute atomic E-state index is 13.3. The van der Waals surface area contributed by atoms with Crippen LogP contribution in [0, 0.1) is 0 Å². The van der Waals surface area contributed by atoms with Crippen molar-refractivity contribution < 1.29 is 9.53 Å². The summed E-state index contributed by atoms with van der Waals surface area (Å²) in [6.07, 6.45) is 7.44. The van der Waals surface area contributed by atoms with Gasteiger partial charge in [-0.15, -0.1) is 6.58 Å². The van der Waals surface area contributed by atoms with E-state index in [0.29, 0.717) is 0 Å². The standard InChI is InChI=1S/C22H34N4O2/c1-6-8-11-26-15-17(21-16(3)28-21)20(27)18(22(26,4)5)14-24-19(7-2)25-12-9-23-10-13-25/h6,14-16,21,23H,1,7-13H2,2-5H3/b18-14-,24-19?. The van der Waals surface area contributed by atoms with Crippen LogP contribution in [0.5, 0.6) is 0 Å². The summed E-state index contributed by atoms with van der Waals surface area (Å²) in [6.45, 7) is 16.8. The normalized spacial score (nSPS) is 29.1. The van der Waals surface area contributed by atoms with Gasteiger partial charge in [0.15, 0.2) is 5.78 Å². The molecule has 0 saturated carbocycles. The van der Waals surface area contributed by atoms with Gasteiger partial charge in [-0.25, -0.2) is 4.99 Å². The summed E-state index contributed by atoms with van der Waals surface area (Å²) < 4.78 is 5.62. The third-order valence-electron chi connectivity index (χ3n) is 5.91. The summed E-state index contributed by atoms with van der Waals surface area (Å²) in [5.41, 5.74) is 1.06. The number of rotatable bonds is 6. The van der Waals surface area contributed by atoms with Gasteiger partial charge in [0.1, 0.15) is 11.9 Å². The van der Waals surface area contributed by atoms with Crippen molar-refractivity contribution >= 4 is 11.6 Å². The number of Topliss-reactive ketones (excluding diaryl/α,β-unsaturated/α-hetero) is 1. The van der Waals surface area contributed by atoms with Crippen molar-refractivity contribution in [1.29, 1.82) is 0 Å². The number of nitrogens with one attached hydrogen (secondary N) is 1. The highest BCUT2D eigenvalue weighted by Crippen LogP contribution is 2.39. The first kappa shape index (κ1) is 20.8. The third kappa shape index (κ3) is 4.23. The number of hydrogen-bond acceptors (Lipinski definition) is 5. The first-order valence-electron chi connectivity index (χ1n) is 10.4. The van der Waals surface area contributed by atoms with Gasteiger partial charge >= 0.3 is 0 Å². The van der Waals surface area contributed by atoms with E-state index in [2.05, 4.69) is 42.5 Å². The molecular weight excluding hydrogens is 352 g/mol. The fourth-order valence-electron chi connectivity index (χ4n) is 3.94. The van der Waals surface area contributed by atoms with Gasteiger partial charge in [0.05, 0.1) is 11.6 Å². The van der Waals surface area contributed by atoms with Crippen LogP contribution in [0.1, 0.15) is 40.5 Å². The van der Waals surface area contributed by atoms with E-state index in [0.717, 1.165) is 62.5 Å². The Balaban J connectivity index is 1.93. The predicted octanol–water partition coefficient (Wildman–Crippen LogP) is 2.49. The number of nitrogens with zero attached hydrogens (tertiary/aromatic N) is 3. The van der Waals surface area contributed by atoms with Crippen LogP contribution < -0.4 is 5.32 Å². The highest BCUT2D eigenvalue weighted by Gasteiger charge is 2.47. The number of carbonyl (C=O) groups excluding carboxylic acids is 1. The minimum atomic E-state index is -0.423. The first-order valence-corrected chi connectivity index (χ1v) is 10.4. The minimum absolute atomic E-state index is 0.0636. The van der Waals surface area contributed by atoms with E-state index in [1.807, 2.05) is 25.4 Å². The highest BCUT2D eigenvalue weighted by molar-refractivity contribution is 6.11. The zero-order valence-electron chi connectivity index (χ0n) is 17.7. The van der Waals surface area contributed by atoms with E-state index < -0.39 is 5.54 Å². The molecule has 3 aliphatic heterocycles. The summed E-state index contributed by atoms with van der Waals surface area (Å²) in [7, 11) is 0. The van der Waals surface area contributed by atoms with Crippen LogP contribution in [0.15, 0.2) is 41.2 Å². The summed E-state index contributed by atoms with van der Waals surface area (Å²) in [6, 6.07) is 0. The van der Waals surface area contributed by atoms with Gasteiger partial charge in [-0.05, 0) is 27.2 Å². The number of carbonyl (C=O) groups is 1. The Morgan fingerprint density at radius 2 is 2.11 bits per heavy atom. The molecule has 0 aliphatic carbocycles. The molecule has 2 fully saturated rings. The fourth-order valence-corrected chi connectivity index (χ4v) is 3.94. The molecule has 2 unspecified atom stereocenters. The number of aliphatic imine (C=N–C) groups is 1. The second-order valence-corrected chi connectivity index (χ2v) is 8.18. The van der Waals surface area contributed by atoms with Crippen molar-refractivity contribution in [2.45, 2.75) is 58.3 Å². The number of piperazine rings is 1. The Morgan fingerprint density at radius 3 is 2.68 bits per heavy atom. The van der Waals surface area contributed by atoms with E-state index >= 15 is 0 Å². The summed E-state index contributed by atoms with van der Waals surface area (Å²) in [5, 5.41) is 3.37. The molecule has 0 aromatic rings. The van der Waals surface area contributed by atoms with Crippen molar-refractivity contribution in [3.05, 3.63) is 36.2 Å². The number of amidine groups is 1. The molecule has 28 heavy (non-hydrogen) atoms. The first-order chi connectivity index (χ1) is 13.4. The van der Waals surface area contributed by atoms with E-state index in [9.17, 15) is 4.79 Å². The molecular formula is C22H34N4O2. The van der Waals surface area contributed by atoms with Gasteiger partial charge in [0, 0.05) is 62.7 Å². The minimum Gasteiger partial charge on any atom is -0.367 e. The largest absolute Gasteiger partial charge is 0.367 e. The third-order valence-corrected chi connectivity index (χ3v) is 5.91. The highest BCUT2D eigenvalue weighted by atomic mass is 16.6. The number of ether oxygens (including phenoxy) is 1. The second-order valence-electron chi connectivity index (χ2n) is 8.18. The molecule has 6 nitrogen and oxygen atoms in total. The smallest absolute Gasteiger partial charge is 0.193 e. The second kappa shape index (κ2) is 8.62. The monoisotopic (exact) mass is 386 g/mol. The van der Waals surface area contributed by atoms with E-state index in [4.69, 9.17) is 9.73 Å². The topological polar surface area (TPSA) is 60.5 Å². The van der Waals surface area contributed by atoms with Crippen LogP contribution >= 0.6 is 0 Å². The Kier molecular flexibility index (Phi) is 6.40. The molecule has 6 heteroatoms. The molecule has 3 aliphatic rings. The van der Waals surface area contributed by atoms with Gasteiger partial charge in [-0.1, -0.05) is 13.0 Å². The fraction of sp³-hybridized carbons (Fsp3) is 0.636. The Morgan fingerprint density at radius 1 is 1.43 bits per heavy atom. The maximum Gasteiger partial charge on any atom is 0.193 e. The zero-order chi connectivity index (χ0) is 20.3. The van der Waals surface area contributed by atoms with Gasteiger partial charge in [0.2, 0.25) is 0 Å². The zero-order valence-corrected chi connectivity index (χ0v) is 17.7. The van der Waals surface area contributed by atoms with E-state index in [1.165, 1.54) is 0 Å². The van der Waals surface area contributed by atoms with Crippen molar-refractivity contribution in [3.63, 3.8) is 0 Å². The lowest BCUT2D eigenvalue weighted by atomic mass is 9.82. The quantitative estimate of drug-likeness (QED) is 0.250. The van der Waals surface area contributed by atoms with Crippen LogP contribution in [0.3, 0.4) is 0 Å². The molecule has 154 valence electrons. The molecule has 0 bridgehead atoms. The van der Waals surface area contributed by atoms with Crippen molar-refractivity contribution in [1.82, 2.24) is 15.1 Å².